The minimum absolute atomic E-state index is 0.0717. The Morgan fingerprint density at radius 2 is 1.79 bits per heavy atom. The van der Waals surface area contributed by atoms with Crippen molar-refractivity contribution in [3.05, 3.63) is 71.5 Å². The Labute approximate surface area is 111 Å². The van der Waals surface area contributed by atoms with E-state index in [1.165, 1.54) is 17.7 Å². The van der Waals surface area contributed by atoms with Crippen molar-refractivity contribution in [3.8, 4) is 0 Å². The molecule has 2 aromatic carbocycles. The van der Waals surface area contributed by atoms with Crippen molar-refractivity contribution < 1.29 is 9.23 Å². The van der Waals surface area contributed by atoms with E-state index in [-0.39, 0.29) is 11.9 Å². The third-order valence-electron chi connectivity index (χ3n) is 3.22. The predicted molar refractivity (Wildman–Crippen MR) is 72.6 cm³/mol. The van der Waals surface area contributed by atoms with Gasteiger partial charge in [-0.15, -0.1) is 0 Å². The van der Waals surface area contributed by atoms with Crippen molar-refractivity contribution in [2.24, 2.45) is 5.16 Å². The van der Waals surface area contributed by atoms with E-state index >= 15 is 0 Å². The van der Waals surface area contributed by atoms with Crippen LogP contribution in [0.5, 0.6) is 0 Å². The van der Waals surface area contributed by atoms with Crippen molar-refractivity contribution in [2.75, 3.05) is 0 Å². The molecule has 0 N–H and O–H groups in total. The van der Waals surface area contributed by atoms with Gasteiger partial charge >= 0.3 is 0 Å². The zero-order chi connectivity index (χ0) is 13.1. The van der Waals surface area contributed by atoms with Gasteiger partial charge < -0.3 is 4.84 Å². The van der Waals surface area contributed by atoms with Gasteiger partial charge in [0.2, 0.25) is 0 Å². The highest BCUT2D eigenvalue weighted by Gasteiger charge is 2.22. The average Bonchev–Trinajstić information content (AvgIpc) is 2.89. The fourth-order valence-electron chi connectivity index (χ4n) is 2.23. The molecular formula is C16H14FNO. The van der Waals surface area contributed by atoms with Crippen LogP contribution in [-0.2, 0) is 11.3 Å². The first-order valence-corrected chi connectivity index (χ1v) is 6.34. The monoisotopic (exact) mass is 255 g/mol. The van der Waals surface area contributed by atoms with E-state index in [9.17, 15) is 4.39 Å². The topological polar surface area (TPSA) is 21.6 Å². The van der Waals surface area contributed by atoms with E-state index in [0.717, 1.165) is 24.1 Å². The minimum Gasteiger partial charge on any atom is -0.391 e. The molecule has 0 saturated carbocycles. The van der Waals surface area contributed by atoms with Gasteiger partial charge in [0, 0.05) is 12.8 Å². The number of nitrogens with zero attached hydrogens (tertiary/aromatic N) is 1. The summed E-state index contributed by atoms with van der Waals surface area (Å²) < 4.78 is 12.9. The molecule has 0 spiro atoms. The lowest BCUT2D eigenvalue weighted by molar-refractivity contribution is 0.0859. The van der Waals surface area contributed by atoms with Crippen molar-refractivity contribution in [2.45, 2.75) is 18.9 Å². The Morgan fingerprint density at radius 3 is 2.53 bits per heavy atom. The van der Waals surface area contributed by atoms with Crippen molar-refractivity contribution in [1.82, 2.24) is 0 Å². The summed E-state index contributed by atoms with van der Waals surface area (Å²) in [5.74, 6) is -0.232. The van der Waals surface area contributed by atoms with E-state index in [4.69, 9.17) is 4.84 Å². The molecule has 1 aliphatic rings. The highest BCUT2D eigenvalue weighted by molar-refractivity contribution is 6.01. The third kappa shape index (κ3) is 2.81. The van der Waals surface area contributed by atoms with Crippen molar-refractivity contribution >= 4 is 5.71 Å². The van der Waals surface area contributed by atoms with Crippen LogP contribution in [0.1, 0.15) is 17.5 Å². The maximum atomic E-state index is 12.9. The van der Waals surface area contributed by atoms with Crippen molar-refractivity contribution in [1.29, 1.82) is 0 Å². The number of hydrogen-bond donors (Lipinski definition) is 0. The molecule has 0 fully saturated rings. The van der Waals surface area contributed by atoms with Crippen LogP contribution in [0.2, 0.25) is 0 Å². The first-order valence-electron chi connectivity index (χ1n) is 6.34. The summed E-state index contributed by atoms with van der Waals surface area (Å²) in [6, 6.07) is 16.6. The lowest BCUT2D eigenvalue weighted by Gasteiger charge is -2.07. The van der Waals surface area contributed by atoms with Crippen LogP contribution < -0.4 is 0 Å². The molecule has 0 radical (unpaired) electrons. The quantitative estimate of drug-likeness (QED) is 0.821. The molecule has 19 heavy (non-hydrogen) atoms. The molecule has 1 aliphatic heterocycles. The lowest BCUT2D eigenvalue weighted by atomic mass is 10.0. The van der Waals surface area contributed by atoms with Crippen LogP contribution >= 0.6 is 0 Å². The Balaban J connectivity index is 1.65. The molecule has 1 atom stereocenters. The molecule has 0 bridgehead atoms. The number of oxime groups is 1. The maximum Gasteiger partial charge on any atom is 0.137 e. The van der Waals surface area contributed by atoms with Gasteiger partial charge in [0.15, 0.2) is 0 Å². The molecule has 0 aliphatic carbocycles. The summed E-state index contributed by atoms with van der Waals surface area (Å²) in [5.41, 5.74) is 3.06. The Kier molecular flexibility index (Phi) is 3.27. The second-order valence-corrected chi connectivity index (χ2v) is 4.67. The fraction of sp³-hybridized carbons (Fsp3) is 0.188. The van der Waals surface area contributed by atoms with Gasteiger partial charge in [-0.1, -0.05) is 47.6 Å². The summed E-state index contributed by atoms with van der Waals surface area (Å²) in [6.45, 7) is 0. The highest BCUT2D eigenvalue weighted by atomic mass is 19.1. The van der Waals surface area contributed by atoms with Crippen LogP contribution in [0.15, 0.2) is 59.8 Å². The third-order valence-corrected chi connectivity index (χ3v) is 3.22. The van der Waals surface area contributed by atoms with Crippen LogP contribution in [-0.4, -0.2) is 11.8 Å². The largest absolute Gasteiger partial charge is 0.391 e. The first-order chi connectivity index (χ1) is 9.31. The normalized spacial score (nSPS) is 17.9. The van der Waals surface area contributed by atoms with E-state index in [1.807, 2.05) is 18.2 Å². The molecule has 0 unspecified atom stereocenters. The molecule has 0 saturated heterocycles. The van der Waals surface area contributed by atoms with Gasteiger partial charge in [-0.3, -0.25) is 0 Å². The van der Waals surface area contributed by atoms with Gasteiger partial charge in [0.25, 0.3) is 0 Å². The average molecular weight is 255 g/mol. The van der Waals surface area contributed by atoms with Crippen LogP contribution in [0, 0.1) is 5.82 Å². The van der Waals surface area contributed by atoms with Crippen LogP contribution in [0.4, 0.5) is 4.39 Å². The second-order valence-electron chi connectivity index (χ2n) is 4.67. The molecule has 3 rings (SSSR count). The zero-order valence-corrected chi connectivity index (χ0v) is 10.4. The number of hydrogen-bond acceptors (Lipinski definition) is 2. The smallest absolute Gasteiger partial charge is 0.137 e. The summed E-state index contributed by atoms with van der Waals surface area (Å²) in [7, 11) is 0. The Bertz CT molecular complexity index is 577. The molecular weight excluding hydrogens is 241 g/mol. The second kappa shape index (κ2) is 5.22. The molecule has 0 aromatic heterocycles. The van der Waals surface area contributed by atoms with E-state index in [0.29, 0.717) is 0 Å². The number of rotatable bonds is 3. The SMILES string of the molecule is Fc1ccc(C2=NO[C@H](Cc3ccccc3)C2)cc1. The zero-order valence-electron chi connectivity index (χ0n) is 10.4. The maximum absolute atomic E-state index is 12.9. The van der Waals surface area contributed by atoms with Gasteiger partial charge in [-0.2, -0.15) is 0 Å². The predicted octanol–water partition coefficient (Wildman–Crippen LogP) is 3.56. The fourth-order valence-corrected chi connectivity index (χ4v) is 2.23. The van der Waals surface area contributed by atoms with Crippen molar-refractivity contribution in [3.63, 3.8) is 0 Å². The summed E-state index contributed by atoms with van der Waals surface area (Å²) in [5, 5.41) is 4.11. The molecule has 2 nitrogen and oxygen atoms in total. The van der Waals surface area contributed by atoms with Gasteiger partial charge in [-0.05, 0) is 23.3 Å². The molecule has 1 heterocycles. The van der Waals surface area contributed by atoms with Crippen LogP contribution in [0.3, 0.4) is 0 Å². The molecule has 96 valence electrons. The van der Waals surface area contributed by atoms with Gasteiger partial charge in [0.1, 0.15) is 11.9 Å². The standard InChI is InChI=1S/C16H14FNO/c17-14-8-6-13(7-9-14)16-11-15(19-18-16)10-12-4-2-1-3-5-12/h1-9,15H,10-11H2/t15-/m1/s1. The molecule has 0 amide bonds. The highest BCUT2D eigenvalue weighted by Crippen LogP contribution is 2.20. The minimum atomic E-state index is -0.232. The van der Waals surface area contributed by atoms with Crippen LogP contribution in [0.25, 0.3) is 0 Å². The summed E-state index contributed by atoms with van der Waals surface area (Å²) in [4.78, 5) is 5.45. The van der Waals surface area contributed by atoms with E-state index < -0.39 is 0 Å². The summed E-state index contributed by atoms with van der Waals surface area (Å²) in [6.07, 6.45) is 1.68. The van der Waals surface area contributed by atoms with Gasteiger partial charge in [0.05, 0.1) is 5.71 Å². The first kappa shape index (κ1) is 11.9. The molecule has 2 aromatic rings. The summed E-state index contributed by atoms with van der Waals surface area (Å²) >= 11 is 0. The number of benzene rings is 2. The Hall–Kier alpha value is -2.16. The number of halogens is 1. The van der Waals surface area contributed by atoms with Gasteiger partial charge in [-0.25, -0.2) is 4.39 Å². The van der Waals surface area contributed by atoms with E-state index in [1.54, 1.807) is 12.1 Å². The Morgan fingerprint density at radius 1 is 1.05 bits per heavy atom. The molecule has 3 heteroatoms. The lowest BCUT2D eigenvalue weighted by Crippen LogP contribution is -2.11. The van der Waals surface area contributed by atoms with E-state index in [2.05, 4.69) is 17.3 Å².